The minimum Gasteiger partial charge on any atom is -0.379 e. The van der Waals surface area contributed by atoms with E-state index in [4.69, 9.17) is 4.74 Å². The van der Waals surface area contributed by atoms with Crippen LogP contribution in [-0.4, -0.2) is 62.3 Å². The summed E-state index contributed by atoms with van der Waals surface area (Å²) in [5, 5.41) is 2.92. The van der Waals surface area contributed by atoms with Crippen LogP contribution in [0, 0.1) is 12.8 Å². The number of halogens is 1. The molecule has 2 saturated heterocycles. The van der Waals surface area contributed by atoms with Crippen LogP contribution in [-0.2, 0) is 19.7 Å². The monoisotopic (exact) mass is 445 g/mol. The Bertz CT molecular complexity index is 765. The van der Waals surface area contributed by atoms with E-state index in [1.807, 2.05) is 25.1 Å². The first-order valence-electron chi connectivity index (χ1n) is 8.78. The van der Waals surface area contributed by atoms with Crippen LogP contribution in [0.15, 0.2) is 22.7 Å². The molecule has 2 aliphatic rings. The highest BCUT2D eigenvalue weighted by Gasteiger charge is 2.36. The zero-order valence-electron chi connectivity index (χ0n) is 14.8. The second kappa shape index (κ2) is 8.35. The van der Waals surface area contributed by atoms with Crippen LogP contribution in [0.1, 0.15) is 18.4 Å². The van der Waals surface area contributed by atoms with E-state index in [0.29, 0.717) is 45.7 Å². The quantitative estimate of drug-likeness (QED) is 0.768. The molecule has 0 bridgehead atoms. The summed E-state index contributed by atoms with van der Waals surface area (Å²) < 4.78 is 34.7. The number of amides is 1. The Hall–Kier alpha value is -1.00. The summed E-state index contributed by atoms with van der Waals surface area (Å²) in [7, 11) is -3.54. The molecule has 7 nitrogen and oxygen atoms in total. The highest BCUT2D eigenvalue weighted by atomic mass is 79.9. The first kappa shape index (κ1) is 19.8. The number of carbonyl (C=O) groups excluding carboxylic acids is 1. The Balaban J connectivity index is 1.65. The van der Waals surface area contributed by atoms with Gasteiger partial charge < -0.3 is 10.1 Å². The molecule has 2 fully saturated rings. The van der Waals surface area contributed by atoms with Gasteiger partial charge in [-0.05, 0) is 43.5 Å². The maximum Gasteiger partial charge on any atom is 0.282 e. The molecule has 144 valence electrons. The van der Waals surface area contributed by atoms with Crippen molar-refractivity contribution in [3.63, 3.8) is 0 Å². The predicted octanol–water partition coefficient (Wildman–Crippen LogP) is 1.99. The van der Waals surface area contributed by atoms with Gasteiger partial charge >= 0.3 is 0 Å². The predicted molar refractivity (Wildman–Crippen MR) is 103 cm³/mol. The van der Waals surface area contributed by atoms with Gasteiger partial charge in [0, 0.05) is 36.3 Å². The number of nitrogens with zero attached hydrogens (tertiary/aromatic N) is 2. The fourth-order valence-corrected chi connectivity index (χ4v) is 5.19. The Morgan fingerprint density at radius 2 is 1.96 bits per heavy atom. The summed E-state index contributed by atoms with van der Waals surface area (Å²) in [4.78, 5) is 12.6. The van der Waals surface area contributed by atoms with Crippen LogP contribution >= 0.6 is 15.9 Å². The number of rotatable bonds is 4. The number of hydrogen-bond acceptors (Lipinski definition) is 4. The van der Waals surface area contributed by atoms with E-state index >= 15 is 0 Å². The molecule has 3 rings (SSSR count). The third kappa shape index (κ3) is 4.45. The zero-order valence-corrected chi connectivity index (χ0v) is 17.2. The Morgan fingerprint density at radius 3 is 2.65 bits per heavy atom. The van der Waals surface area contributed by atoms with Crippen molar-refractivity contribution in [2.75, 3.05) is 44.7 Å². The molecule has 2 heterocycles. The van der Waals surface area contributed by atoms with Gasteiger partial charge in [0.25, 0.3) is 10.2 Å². The third-order valence-electron chi connectivity index (χ3n) is 4.80. The number of morpholine rings is 1. The van der Waals surface area contributed by atoms with Gasteiger partial charge in [-0.2, -0.15) is 17.0 Å². The molecule has 0 radical (unpaired) electrons. The maximum atomic E-state index is 12.8. The molecule has 1 amide bonds. The SMILES string of the molecule is Cc1cc(NC(=O)[C@@H]2CCCN(S(=O)(=O)N3CCOCC3)C2)ccc1Br. The summed E-state index contributed by atoms with van der Waals surface area (Å²) >= 11 is 3.44. The van der Waals surface area contributed by atoms with Crippen LogP contribution < -0.4 is 5.32 Å². The Labute approximate surface area is 163 Å². The van der Waals surface area contributed by atoms with E-state index < -0.39 is 10.2 Å². The van der Waals surface area contributed by atoms with E-state index in [0.717, 1.165) is 15.7 Å². The standard InChI is InChI=1S/C17H24BrN3O4S/c1-13-11-15(4-5-16(13)18)19-17(22)14-3-2-6-21(12-14)26(23,24)20-7-9-25-10-8-20/h4-5,11,14H,2-3,6-10,12H2,1H3,(H,19,22)/t14-/m1/s1. The Kier molecular flexibility index (Phi) is 6.34. The van der Waals surface area contributed by atoms with Gasteiger partial charge in [-0.3, -0.25) is 4.79 Å². The molecule has 26 heavy (non-hydrogen) atoms. The lowest BCUT2D eigenvalue weighted by Crippen LogP contribution is -2.52. The molecule has 1 aromatic carbocycles. The zero-order chi connectivity index (χ0) is 18.7. The smallest absolute Gasteiger partial charge is 0.282 e. The van der Waals surface area contributed by atoms with Crippen molar-refractivity contribution in [1.29, 1.82) is 0 Å². The summed E-state index contributed by atoms with van der Waals surface area (Å²) in [6.07, 6.45) is 1.37. The first-order valence-corrected chi connectivity index (χ1v) is 11.0. The topological polar surface area (TPSA) is 79.0 Å². The summed E-state index contributed by atoms with van der Waals surface area (Å²) in [5.41, 5.74) is 1.76. The van der Waals surface area contributed by atoms with E-state index in [1.54, 1.807) is 0 Å². The van der Waals surface area contributed by atoms with Gasteiger partial charge in [-0.1, -0.05) is 15.9 Å². The van der Waals surface area contributed by atoms with Crippen molar-refractivity contribution >= 4 is 37.7 Å². The van der Waals surface area contributed by atoms with Gasteiger partial charge in [-0.25, -0.2) is 0 Å². The summed E-state index contributed by atoms with van der Waals surface area (Å²) in [6, 6.07) is 5.62. The first-order chi connectivity index (χ1) is 12.4. The van der Waals surface area contributed by atoms with Crippen molar-refractivity contribution in [3.05, 3.63) is 28.2 Å². The van der Waals surface area contributed by atoms with Crippen molar-refractivity contribution in [2.24, 2.45) is 5.92 Å². The average molecular weight is 446 g/mol. The molecule has 0 unspecified atom stereocenters. The largest absolute Gasteiger partial charge is 0.379 e. The second-order valence-corrected chi connectivity index (χ2v) is 9.45. The normalized spacial score (nSPS) is 22.9. The molecule has 2 aliphatic heterocycles. The van der Waals surface area contributed by atoms with Crippen molar-refractivity contribution in [2.45, 2.75) is 19.8 Å². The summed E-state index contributed by atoms with van der Waals surface area (Å²) in [5.74, 6) is -0.475. The number of piperidine rings is 1. The number of hydrogen-bond donors (Lipinski definition) is 1. The molecule has 0 aliphatic carbocycles. The minimum absolute atomic E-state index is 0.131. The molecule has 1 aromatic rings. The Morgan fingerprint density at radius 1 is 1.23 bits per heavy atom. The molecule has 0 spiro atoms. The van der Waals surface area contributed by atoms with Crippen molar-refractivity contribution in [1.82, 2.24) is 8.61 Å². The molecule has 1 atom stereocenters. The van der Waals surface area contributed by atoms with Crippen molar-refractivity contribution < 1.29 is 17.9 Å². The lowest BCUT2D eigenvalue weighted by molar-refractivity contribution is -0.120. The van der Waals surface area contributed by atoms with Crippen LogP contribution in [0.3, 0.4) is 0 Å². The maximum absolute atomic E-state index is 12.8. The summed E-state index contributed by atoms with van der Waals surface area (Å²) in [6.45, 7) is 4.21. The van der Waals surface area contributed by atoms with Crippen LogP contribution in [0.25, 0.3) is 0 Å². The van der Waals surface area contributed by atoms with Gasteiger partial charge in [0.15, 0.2) is 0 Å². The number of nitrogens with one attached hydrogen (secondary N) is 1. The third-order valence-corrected chi connectivity index (χ3v) is 7.69. The molecule has 0 aromatic heterocycles. The number of anilines is 1. The van der Waals surface area contributed by atoms with E-state index in [2.05, 4.69) is 21.2 Å². The highest BCUT2D eigenvalue weighted by molar-refractivity contribution is 9.10. The number of ether oxygens (including phenoxy) is 1. The van der Waals surface area contributed by atoms with E-state index in [-0.39, 0.29) is 18.4 Å². The van der Waals surface area contributed by atoms with Gasteiger partial charge in [0.1, 0.15) is 0 Å². The molecule has 0 saturated carbocycles. The highest BCUT2D eigenvalue weighted by Crippen LogP contribution is 2.24. The number of benzene rings is 1. The van der Waals surface area contributed by atoms with Gasteiger partial charge in [0.05, 0.1) is 19.1 Å². The number of aryl methyl sites for hydroxylation is 1. The fraction of sp³-hybridized carbons (Fsp3) is 0.588. The van der Waals surface area contributed by atoms with Gasteiger partial charge in [-0.15, -0.1) is 0 Å². The fourth-order valence-electron chi connectivity index (χ4n) is 3.27. The number of carbonyl (C=O) groups is 1. The minimum atomic E-state index is -3.54. The van der Waals surface area contributed by atoms with E-state index in [9.17, 15) is 13.2 Å². The lowest BCUT2D eigenvalue weighted by atomic mass is 9.98. The van der Waals surface area contributed by atoms with Crippen LogP contribution in [0.2, 0.25) is 0 Å². The average Bonchev–Trinajstić information content (AvgIpc) is 2.65. The molecular formula is C17H24BrN3O4S. The lowest BCUT2D eigenvalue weighted by Gasteiger charge is -2.36. The van der Waals surface area contributed by atoms with Crippen LogP contribution in [0.5, 0.6) is 0 Å². The molecule has 1 N–H and O–H groups in total. The second-order valence-electron chi connectivity index (χ2n) is 6.67. The molecule has 9 heteroatoms. The van der Waals surface area contributed by atoms with Crippen LogP contribution in [0.4, 0.5) is 5.69 Å². The molecular weight excluding hydrogens is 422 g/mol. The van der Waals surface area contributed by atoms with Crippen molar-refractivity contribution in [3.8, 4) is 0 Å². The van der Waals surface area contributed by atoms with E-state index in [1.165, 1.54) is 8.61 Å². The van der Waals surface area contributed by atoms with Gasteiger partial charge in [0.2, 0.25) is 5.91 Å².